The van der Waals surface area contributed by atoms with Crippen molar-refractivity contribution in [3.8, 4) is 0 Å². The van der Waals surface area contributed by atoms with Crippen LogP contribution < -0.4 is 0 Å². The molecule has 3 nitrogen and oxygen atoms in total. The molecule has 0 heterocycles. The van der Waals surface area contributed by atoms with E-state index in [0.717, 1.165) is 0 Å². The monoisotopic (exact) mass is 270 g/mol. The van der Waals surface area contributed by atoms with Crippen LogP contribution >= 0.6 is 24.3 Å². The molecule has 0 rings (SSSR count). The van der Waals surface area contributed by atoms with Crippen LogP contribution in [0.3, 0.4) is 0 Å². The van der Waals surface area contributed by atoms with Gasteiger partial charge in [0, 0.05) is 5.82 Å². The van der Waals surface area contributed by atoms with Crippen molar-refractivity contribution in [2.75, 3.05) is 19.8 Å². The normalized spacial score (nSPS) is 12.2. The van der Waals surface area contributed by atoms with Gasteiger partial charge in [0.25, 0.3) is 0 Å². The van der Waals surface area contributed by atoms with Gasteiger partial charge in [0.1, 0.15) is 0 Å². The van der Waals surface area contributed by atoms with Crippen molar-refractivity contribution in [3.63, 3.8) is 0 Å². The SMILES string of the molecule is CCO/C(Br)=C/P(OCC)OCC. The van der Waals surface area contributed by atoms with Crippen LogP contribution in [-0.4, -0.2) is 19.8 Å². The van der Waals surface area contributed by atoms with Gasteiger partial charge in [-0.3, -0.25) is 0 Å². The summed E-state index contributed by atoms with van der Waals surface area (Å²) < 4.78 is 16.6. The summed E-state index contributed by atoms with van der Waals surface area (Å²) in [4.78, 5) is 0. The molecule has 0 saturated heterocycles. The van der Waals surface area contributed by atoms with Crippen LogP contribution in [0.15, 0.2) is 10.5 Å². The largest absolute Gasteiger partial charge is 0.487 e. The van der Waals surface area contributed by atoms with Gasteiger partial charge < -0.3 is 13.8 Å². The highest BCUT2D eigenvalue weighted by molar-refractivity contribution is 9.11. The lowest BCUT2D eigenvalue weighted by Crippen LogP contribution is -1.90. The summed E-state index contributed by atoms with van der Waals surface area (Å²) in [6.45, 7) is 7.74. The zero-order chi connectivity index (χ0) is 10.1. The van der Waals surface area contributed by atoms with Gasteiger partial charge in [-0.2, -0.15) is 0 Å². The molecule has 13 heavy (non-hydrogen) atoms. The quantitative estimate of drug-likeness (QED) is 0.523. The summed E-state index contributed by atoms with van der Waals surface area (Å²) in [5, 5.41) is 0. The van der Waals surface area contributed by atoms with Crippen molar-refractivity contribution in [2.45, 2.75) is 20.8 Å². The first-order chi connectivity index (χ1) is 6.24. The zero-order valence-corrected chi connectivity index (χ0v) is 10.7. The molecule has 0 aromatic heterocycles. The van der Waals surface area contributed by atoms with Crippen LogP contribution in [0.1, 0.15) is 20.8 Å². The Morgan fingerprint density at radius 2 is 1.69 bits per heavy atom. The standard InChI is InChI=1S/C8H16BrO3P/c1-4-10-8(9)7-13(11-5-2)12-6-3/h7H,4-6H2,1-3H3/b8-7+. The van der Waals surface area contributed by atoms with Crippen LogP contribution in [0.4, 0.5) is 0 Å². The third-order valence-electron chi connectivity index (χ3n) is 1.00. The highest BCUT2D eigenvalue weighted by atomic mass is 79.9. The Kier molecular flexibility index (Phi) is 9.20. The maximum atomic E-state index is 5.36. The molecule has 0 aliphatic rings. The van der Waals surface area contributed by atoms with Gasteiger partial charge >= 0.3 is 0 Å². The first kappa shape index (κ1) is 13.4. The van der Waals surface area contributed by atoms with E-state index in [1.165, 1.54) is 0 Å². The molecule has 0 saturated carbocycles. The minimum absolute atomic E-state index is 0.637. The van der Waals surface area contributed by atoms with E-state index in [2.05, 4.69) is 15.9 Å². The molecule has 0 bridgehead atoms. The highest BCUT2D eigenvalue weighted by Crippen LogP contribution is 2.41. The highest BCUT2D eigenvalue weighted by Gasteiger charge is 2.06. The second-order valence-electron chi connectivity index (χ2n) is 1.99. The molecule has 5 heteroatoms. The minimum Gasteiger partial charge on any atom is -0.487 e. The molecule has 0 aliphatic carbocycles. The lowest BCUT2D eigenvalue weighted by Gasteiger charge is -2.11. The molecule has 0 unspecified atom stereocenters. The molecule has 0 aromatic carbocycles. The Labute approximate surface area is 89.5 Å². The van der Waals surface area contributed by atoms with Crippen molar-refractivity contribution >= 4 is 24.3 Å². The average Bonchev–Trinajstić information content (AvgIpc) is 2.05. The molecule has 0 aromatic rings. The van der Waals surface area contributed by atoms with Gasteiger partial charge in [-0.15, -0.1) is 0 Å². The van der Waals surface area contributed by atoms with E-state index in [-0.39, 0.29) is 0 Å². The molecular weight excluding hydrogens is 255 g/mol. The van der Waals surface area contributed by atoms with E-state index < -0.39 is 8.38 Å². The van der Waals surface area contributed by atoms with Crippen molar-refractivity contribution in [3.05, 3.63) is 10.5 Å². The van der Waals surface area contributed by atoms with E-state index in [9.17, 15) is 0 Å². The van der Waals surface area contributed by atoms with Gasteiger partial charge in [0.15, 0.2) is 4.67 Å². The molecule has 0 radical (unpaired) electrons. The van der Waals surface area contributed by atoms with Crippen molar-refractivity contribution < 1.29 is 13.8 Å². The van der Waals surface area contributed by atoms with E-state index in [4.69, 9.17) is 13.8 Å². The summed E-state index contributed by atoms with van der Waals surface area (Å²) in [6, 6.07) is 0. The number of halogens is 1. The summed E-state index contributed by atoms with van der Waals surface area (Å²) in [5.74, 6) is 1.83. The minimum atomic E-state index is -0.946. The summed E-state index contributed by atoms with van der Waals surface area (Å²) in [7, 11) is -0.946. The lowest BCUT2D eigenvalue weighted by atomic mass is 10.9. The predicted octanol–water partition coefficient (Wildman–Crippen LogP) is 3.60. The number of rotatable bonds is 7. The lowest BCUT2D eigenvalue weighted by molar-refractivity contribution is 0.255. The van der Waals surface area contributed by atoms with Crippen LogP contribution in [-0.2, 0) is 13.8 Å². The van der Waals surface area contributed by atoms with Crippen molar-refractivity contribution in [2.24, 2.45) is 0 Å². The first-order valence-electron chi connectivity index (χ1n) is 4.29. The third-order valence-corrected chi connectivity index (χ3v) is 3.28. The van der Waals surface area contributed by atoms with Gasteiger partial charge in [-0.05, 0) is 36.7 Å². The van der Waals surface area contributed by atoms with Crippen LogP contribution in [0.5, 0.6) is 0 Å². The van der Waals surface area contributed by atoms with Crippen LogP contribution in [0.25, 0.3) is 0 Å². The predicted molar refractivity (Wildman–Crippen MR) is 58.8 cm³/mol. The Morgan fingerprint density at radius 3 is 2.08 bits per heavy atom. The van der Waals surface area contributed by atoms with Gasteiger partial charge in [0.2, 0.25) is 8.38 Å². The van der Waals surface area contributed by atoms with Crippen LogP contribution in [0, 0.1) is 0 Å². The maximum Gasteiger partial charge on any atom is 0.201 e. The van der Waals surface area contributed by atoms with Crippen molar-refractivity contribution in [1.82, 2.24) is 0 Å². The molecule has 0 N–H and O–H groups in total. The van der Waals surface area contributed by atoms with Gasteiger partial charge in [-0.1, -0.05) is 0 Å². The molecule has 0 aliphatic heterocycles. The number of hydrogen-bond donors (Lipinski definition) is 0. The molecule has 0 fully saturated rings. The molecule has 0 atom stereocenters. The third kappa shape index (κ3) is 7.44. The number of ether oxygens (including phenoxy) is 1. The van der Waals surface area contributed by atoms with E-state index in [1.807, 2.05) is 26.6 Å². The van der Waals surface area contributed by atoms with Gasteiger partial charge in [0.05, 0.1) is 19.8 Å². The second-order valence-corrected chi connectivity index (χ2v) is 4.11. The molecule has 0 amide bonds. The zero-order valence-electron chi connectivity index (χ0n) is 8.25. The Balaban J connectivity index is 3.96. The topological polar surface area (TPSA) is 27.7 Å². The number of hydrogen-bond acceptors (Lipinski definition) is 3. The average molecular weight is 271 g/mol. The fraction of sp³-hybridized carbons (Fsp3) is 0.750. The fourth-order valence-electron chi connectivity index (χ4n) is 0.624. The second kappa shape index (κ2) is 8.95. The van der Waals surface area contributed by atoms with E-state index in [1.54, 1.807) is 0 Å². The molecule has 78 valence electrons. The molecular formula is C8H16BrO3P. The van der Waals surface area contributed by atoms with Gasteiger partial charge in [-0.25, -0.2) is 0 Å². The summed E-state index contributed by atoms with van der Waals surface area (Å²) in [6.07, 6.45) is 0. The Morgan fingerprint density at radius 1 is 1.15 bits per heavy atom. The smallest absolute Gasteiger partial charge is 0.201 e. The summed E-state index contributed by atoms with van der Waals surface area (Å²) in [5.41, 5.74) is 0. The van der Waals surface area contributed by atoms with E-state index >= 15 is 0 Å². The summed E-state index contributed by atoms with van der Waals surface area (Å²) >= 11 is 3.27. The Hall–Kier alpha value is 0.370. The van der Waals surface area contributed by atoms with E-state index in [0.29, 0.717) is 24.5 Å². The first-order valence-corrected chi connectivity index (χ1v) is 6.33. The van der Waals surface area contributed by atoms with Crippen molar-refractivity contribution in [1.29, 1.82) is 0 Å². The fourth-order valence-corrected chi connectivity index (χ4v) is 2.33. The van der Waals surface area contributed by atoms with Crippen LogP contribution in [0.2, 0.25) is 0 Å². The maximum absolute atomic E-state index is 5.36. The molecule has 0 spiro atoms. The Bertz CT molecular complexity index is 146.